The third-order valence-corrected chi connectivity index (χ3v) is 2.65. The van der Waals surface area contributed by atoms with Crippen LogP contribution >= 0.6 is 0 Å². The predicted octanol–water partition coefficient (Wildman–Crippen LogP) is 0.398. The van der Waals surface area contributed by atoms with Gasteiger partial charge in [-0.15, -0.1) is 12.3 Å². The molecule has 3 nitrogen and oxygen atoms in total. The minimum atomic E-state index is -0.582. The second kappa shape index (κ2) is 5.50. The van der Waals surface area contributed by atoms with Crippen molar-refractivity contribution in [1.82, 2.24) is 9.80 Å². The number of β-amino-alcohol motifs (C(OH)–C–C–N with tert-alkyl or cyclic N) is 1. The molecule has 3 heteroatoms. The van der Waals surface area contributed by atoms with Crippen molar-refractivity contribution in [2.45, 2.75) is 25.9 Å². The first kappa shape index (κ1) is 12.5. The number of rotatable bonds is 4. The highest BCUT2D eigenvalue weighted by Gasteiger charge is 2.22. The molecule has 86 valence electrons. The maximum absolute atomic E-state index is 9.70. The van der Waals surface area contributed by atoms with E-state index in [0.717, 1.165) is 45.7 Å². The molecule has 0 radical (unpaired) electrons. The van der Waals surface area contributed by atoms with Crippen LogP contribution in [-0.4, -0.2) is 59.8 Å². The Morgan fingerprint density at radius 2 is 1.73 bits per heavy atom. The van der Waals surface area contributed by atoms with Crippen LogP contribution in [-0.2, 0) is 0 Å². The number of nitrogens with zero attached hydrogens (tertiary/aromatic N) is 2. The van der Waals surface area contributed by atoms with Gasteiger partial charge in [0.2, 0.25) is 0 Å². The molecule has 0 unspecified atom stereocenters. The van der Waals surface area contributed by atoms with Crippen LogP contribution in [0.2, 0.25) is 0 Å². The summed E-state index contributed by atoms with van der Waals surface area (Å²) in [6.07, 6.45) is 6.07. The van der Waals surface area contributed by atoms with Crippen LogP contribution in [0.1, 0.15) is 20.3 Å². The SMILES string of the molecule is C#CCCN1CCN(CC(C)(C)O)CC1. The second-order valence-corrected chi connectivity index (χ2v) is 4.88. The summed E-state index contributed by atoms with van der Waals surface area (Å²) in [7, 11) is 0. The average Bonchev–Trinajstić information content (AvgIpc) is 2.14. The standard InChI is InChI=1S/C12H22N2O/c1-4-5-6-13-7-9-14(10-8-13)11-12(2,3)15/h1,15H,5-11H2,2-3H3. The first-order valence-electron chi connectivity index (χ1n) is 5.62. The van der Waals surface area contributed by atoms with E-state index in [0.29, 0.717) is 0 Å². The Labute approximate surface area is 93.1 Å². The number of hydrogen-bond donors (Lipinski definition) is 1. The lowest BCUT2D eigenvalue weighted by molar-refractivity contribution is 0.0181. The molecule has 0 spiro atoms. The van der Waals surface area contributed by atoms with Gasteiger partial charge in [0.1, 0.15) is 0 Å². The Kier molecular flexibility index (Phi) is 4.59. The summed E-state index contributed by atoms with van der Waals surface area (Å²) in [4.78, 5) is 4.70. The van der Waals surface area contributed by atoms with Crippen molar-refractivity contribution in [2.75, 3.05) is 39.3 Å². The van der Waals surface area contributed by atoms with E-state index in [1.54, 1.807) is 0 Å². The molecule has 0 aromatic heterocycles. The molecule has 15 heavy (non-hydrogen) atoms. The first-order valence-corrected chi connectivity index (χ1v) is 5.62. The molecule has 1 aliphatic rings. The highest BCUT2D eigenvalue weighted by Crippen LogP contribution is 2.08. The fourth-order valence-corrected chi connectivity index (χ4v) is 1.94. The lowest BCUT2D eigenvalue weighted by Gasteiger charge is -2.37. The van der Waals surface area contributed by atoms with E-state index >= 15 is 0 Å². The van der Waals surface area contributed by atoms with Gasteiger partial charge < -0.3 is 5.11 Å². The normalized spacial score (nSPS) is 20.1. The van der Waals surface area contributed by atoms with Crippen molar-refractivity contribution in [2.24, 2.45) is 0 Å². The summed E-state index contributed by atoms with van der Waals surface area (Å²) < 4.78 is 0. The minimum absolute atomic E-state index is 0.582. The largest absolute Gasteiger partial charge is 0.389 e. The van der Waals surface area contributed by atoms with Gasteiger partial charge in [0.15, 0.2) is 0 Å². The van der Waals surface area contributed by atoms with E-state index in [-0.39, 0.29) is 0 Å². The lowest BCUT2D eigenvalue weighted by Crippen LogP contribution is -2.50. The Hall–Kier alpha value is -0.560. The van der Waals surface area contributed by atoms with Gasteiger partial charge in [-0.2, -0.15) is 0 Å². The van der Waals surface area contributed by atoms with Gasteiger partial charge in [-0.3, -0.25) is 9.80 Å². The quantitative estimate of drug-likeness (QED) is 0.680. The van der Waals surface area contributed by atoms with E-state index in [1.807, 2.05) is 13.8 Å². The van der Waals surface area contributed by atoms with Crippen molar-refractivity contribution in [1.29, 1.82) is 0 Å². The second-order valence-electron chi connectivity index (χ2n) is 4.88. The summed E-state index contributed by atoms with van der Waals surface area (Å²) in [5.74, 6) is 2.67. The molecule has 0 amide bonds. The topological polar surface area (TPSA) is 26.7 Å². The summed E-state index contributed by atoms with van der Waals surface area (Å²) in [6.45, 7) is 9.69. The molecule has 1 aliphatic heterocycles. The predicted molar refractivity (Wildman–Crippen MR) is 62.6 cm³/mol. The highest BCUT2D eigenvalue weighted by atomic mass is 16.3. The molecule has 1 rings (SSSR count). The van der Waals surface area contributed by atoms with Crippen LogP contribution in [0, 0.1) is 12.3 Å². The third-order valence-electron chi connectivity index (χ3n) is 2.65. The summed E-state index contributed by atoms with van der Waals surface area (Å²) in [5, 5.41) is 9.70. The van der Waals surface area contributed by atoms with Crippen LogP contribution in [0.15, 0.2) is 0 Å². The smallest absolute Gasteiger partial charge is 0.0718 e. The fourth-order valence-electron chi connectivity index (χ4n) is 1.94. The molecular formula is C12H22N2O. The van der Waals surface area contributed by atoms with E-state index in [4.69, 9.17) is 6.42 Å². The Morgan fingerprint density at radius 3 is 2.20 bits per heavy atom. The zero-order valence-electron chi connectivity index (χ0n) is 9.87. The van der Waals surface area contributed by atoms with E-state index in [9.17, 15) is 5.11 Å². The molecule has 1 heterocycles. The van der Waals surface area contributed by atoms with Crippen molar-refractivity contribution in [3.05, 3.63) is 0 Å². The number of aliphatic hydroxyl groups is 1. The minimum Gasteiger partial charge on any atom is -0.389 e. The van der Waals surface area contributed by atoms with Crippen molar-refractivity contribution >= 4 is 0 Å². The summed E-state index contributed by atoms with van der Waals surface area (Å²) >= 11 is 0. The lowest BCUT2D eigenvalue weighted by atomic mass is 10.1. The van der Waals surface area contributed by atoms with E-state index < -0.39 is 5.60 Å². The van der Waals surface area contributed by atoms with Gasteiger partial charge in [0.25, 0.3) is 0 Å². The summed E-state index contributed by atoms with van der Waals surface area (Å²) in [6, 6.07) is 0. The third kappa shape index (κ3) is 5.17. The summed E-state index contributed by atoms with van der Waals surface area (Å²) in [5.41, 5.74) is -0.582. The molecule has 0 aliphatic carbocycles. The molecule has 0 bridgehead atoms. The van der Waals surface area contributed by atoms with Crippen molar-refractivity contribution in [3.8, 4) is 12.3 Å². The van der Waals surface area contributed by atoms with Crippen LogP contribution in [0.5, 0.6) is 0 Å². The zero-order valence-corrected chi connectivity index (χ0v) is 9.87. The maximum atomic E-state index is 9.70. The molecule has 0 aromatic rings. The zero-order chi connectivity index (χ0) is 11.3. The Morgan fingerprint density at radius 1 is 1.20 bits per heavy atom. The molecular weight excluding hydrogens is 188 g/mol. The molecule has 1 fully saturated rings. The van der Waals surface area contributed by atoms with Crippen LogP contribution in [0.25, 0.3) is 0 Å². The van der Waals surface area contributed by atoms with Gasteiger partial charge >= 0.3 is 0 Å². The molecule has 1 saturated heterocycles. The maximum Gasteiger partial charge on any atom is 0.0718 e. The molecule has 0 aromatic carbocycles. The van der Waals surface area contributed by atoms with Crippen molar-refractivity contribution < 1.29 is 5.11 Å². The Bertz CT molecular complexity index is 219. The number of terminal acetylenes is 1. The van der Waals surface area contributed by atoms with Crippen LogP contribution in [0.3, 0.4) is 0 Å². The van der Waals surface area contributed by atoms with Gasteiger partial charge in [-0.05, 0) is 13.8 Å². The number of piperazine rings is 1. The first-order chi connectivity index (χ1) is 7.01. The number of hydrogen-bond acceptors (Lipinski definition) is 3. The molecule has 0 saturated carbocycles. The van der Waals surface area contributed by atoms with Crippen LogP contribution in [0.4, 0.5) is 0 Å². The molecule has 1 N–H and O–H groups in total. The fraction of sp³-hybridized carbons (Fsp3) is 0.833. The van der Waals surface area contributed by atoms with Crippen molar-refractivity contribution in [3.63, 3.8) is 0 Å². The highest BCUT2D eigenvalue weighted by molar-refractivity contribution is 4.86. The van der Waals surface area contributed by atoms with Gasteiger partial charge in [-0.1, -0.05) is 0 Å². The van der Waals surface area contributed by atoms with Gasteiger partial charge in [0.05, 0.1) is 5.60 Å². The van der Waals surface area contributed by atoms with Gasteiger partial charge in [-0.25, -0.2) is 0 Å². The monoisotopic (exact) mass is 210 g/mol. The van der Waals surface area contributed by atoms with E-state index in [2.05, 4.69) is 15.7 Å². The average molecular weight is 210 g/mol. The van der Waals surface area contributed by atoms with Gasteiger partial charge in [0, 0.05) is 45.7 Å². The van der Waals surface area contributed by atoms with E-state index in [1.165, 1.54) is 0 Å². The molecule has 0 atom stereocenters. The Balaban J connectivity index is 2.21. The van der Waals surface area contributed by atoms with Crippen LogP contribution < -0.4 is 0 Å².